The third-order valence-electron chi connectivity index (χ3n) is 6.14. The van der Waals surface area contributed by atoms with E-state index >= 15 is 0 Å². The largest absolute Gasteiger partial charge is 0.497 e. The van der Waals surface area contributed by atoms with Crippen molar-refractivity contribution in [3.8, 4) is 16.9 Å². The topological polar surface area (TPSA) is 62.7 Å². The third kappa shape index (κ3) is 5.22. The highest BCUT2D eigenvalue weighted by molar-refractivity contribution is 5.90. The molecule has 1 aromatic heterocycles. The van der Waals surface area contributed by atoms with E-state index in [-0.39, 0.29) is 18.2 Å². The summed E-state index contributed by atoms with van der Waals surface area (Å²) in [6, 6.07) is 19.3. The van der Waals surface area contributed by atoms with E-state index in [0.29, 0.717) is 26.1 Å². The number of carbonyl (C=O) groups excluding carboxylic acids is 2. The SMILES string of the molecule is CCN1CCN(C(=O)Cc2cccnc2)C(Cc2cccc(-c3ccc(OC)cc3)c2)C1=O. The van der Waals surface area contributed by atoms with Gasteiger partial charge in [0.05, 0.1) is 13.5 Å². The van der Waals surface area contributed by atoms with Crippen LogP contribution in [0.4, 0.5) is 0 Å². The van der Waals surface area contributed by atoms with Crippen molar-refractivity contribution in [3.63, 3.8) is 0 Å². The minimum absolute atomic E-state index is 0.0122. The lowest BCUT2D eigenvalue weighted by molar-refractivity contribution is -0.150. The summed E-state index contributed by atoms with van der Waals surface area (Å²) < 4.78 is 5.26. The summed E-state index contributed by atoms with van der Waals surface area (Å²) in [4.78, 5) is 34.1. The first-order valence-corrected chi connectivity index (χ1v) is 11.3. The number of aromatic nitrogens is 1. The van der Waals surface area contributed by atoms with E-state index in [2.05, 4.69) is 17.1 Å². The number of hydrogen-bond acceptors (Lipinski definition) is 4. The molecule has 0 bridgehead atoms. The first-order valence-electron chi connectivity index (χ1n) is 11.3. The quantitative estimate of drug-likeness (QED) is 0.560. The van der Waals surface area contributed by atoms with Crippen LogP contribution < -0.4 is 4.74 Å². The van der Waals surface area contributed by atoms with Gasteiger partial charge >= 0.3 is 0 Å². The smallest absolute Gasteiger partial charge is 0.245 e. The molecule has 0 N–H and O–H groups in total. The van der Waals surface area contributed by atoms with E-state index in [0.717, 1.165) is 28.0 Å². The van der Waals surface area contributed by atoms with E-state index in [4.69, 9.17) is 4.74 Å². The highest BCUT2D eigenvalue weighted by Crippen LogP contribution is 2.25. The van der Waals surface area contributed by atoms with Crippen molar-refractivity contribution in [3.05, 3.63) is 84.2 Å². The van der Waals surface area contributed by atoms with Crippen molar-refractivity contribution < 1.29 is 14.3 Å². The van der Waals surface area contributed by atoms with Gasteiger partial charge < -0.3 is 14.5 Å². The van der Waals surface area contributed by atoms with Gasteiger partial charge in [0.15, 0.2) is 0 Å². The molecule has 170 valence electrons. The molecule has 0 radical (unpaired) electrons. The molecule has 3 aromatic rings. The van der Waals surface area contributed by atoms with Crippen LogP contribution in [0.25, 0.3) is 11.1 Å². The zero-order valence-corrected chi connectivity index (χ0v) is 19.1. The zero-order valence-electron chi connectivity index (χ0n) is 19.1. The number of rotatable bonds is 7. The monoisotopic (exact) mass is 443 g/mol. The summed E-state index contributed by atoms with van der Waals surface area (Å²) in [7, 11) is 1.65. The Hall–Kier alpha value is -3.67. The van der Waals surface area contributed by atoms with Crippen molar-refractivity contribution in [2.24, 2.45) is 0 Å². The molecule has 6 heteroatoms. The number of ether oxygens (including phenoxy) is 1. The molecule has 1 saturated heterocycles. The molecule has 0 aliphatic carbocycles. The highest BCUT2D eigenvalue weighted by atomic mass is 16.5. The van der Waals surface area contributed by atoms with Gasteiger partial charge in [0.25, 0.3) is 0 Å². The Morgan fingerprint density at radius 2 is 1.82 bits per heavy atom. The van der Waals surface area contributed by atoms with Crippen molar-refractivity contribution in [2.75, 3.05) is 26.7 Å². The molecule has 1 fully saturated rings. The molecule has 2 amide bonds. The molecule has 1 unspecified atom stereocenters. The van der Waals surface area contributed by atoms with Crippen LogP contribution in [0.2, 0.25) is 0 Å². The van der Waals surface area contributed by atoms with Gasteiger partial charge in [-0.2, -0.15) is 0 Å². The van der Waals surface area contributed by atoms with Crippen LogP contribution >= 0.6 is 0 Å². The fourth-order valence-corrected chi connectivity index (χ4v) is 4.31. The number of methoxy groups -OCH3 is 1. The Bertz CT molecular complexity index is 1100. The summed E-state index contributed by atoms with van der Waals surface area (Å²) in [5, 5.41) is 0. The molecule has 1 atom stereocenters. The lowest BCUT2D eigenvalue weighted by Crippen LogP contribution is -2.59. The number of carbonyl (C=O) groups is 2. The van der Waals surface area contributed by atoms with Gasteiger partial charge in [-0.05, 0) is 47.4 Å². The number of pyridine rings is 1. The first kappa shape index (κ1) is 22.5. The minimum atomic E-state index is -0.506. The Labute approximate surface area is 194 Å². The molecule has 4 rings (SSSR count). The van der Waals surface area contributed by atoms with Crippen LogP contribution in [-0.2, 0) is 22.4 Å². The molecular weight excluding hydrogens is 414 g/mol. The summed E-state index contributed by atoms with van der Waals surface area (Å²) in [5.74, 6) is 0.784. The van der Waals surface area contributed by atoms with Gasteiger partial charge in [-0.3, -0.25) is 14.6 Å². The first-order chi connectivity index (χ1) is 16.1. The van der Waals surface area contributed by atoms with E-state index in [1.807, 2.05) is 60.4 Å². The van der Waals surface area contributed by atoms with Gasteiger partial charge in [0.2, 0.25) is 11.8 Å². The number of benzene rings is 2. The standard InChI is InChI=1S/C27H29N3O3/c1-3-29-14-15-30(26(31)18-21-7-5-13-28-19-21)25(27(29)32)17-20-6-4-8-23(16-20)22-9-11-24(33-2)12-10-22/h4-13,16,19,25H,3,14-15,17-18H2,1-2H3. The minimum Gasteiger partial charge on any atom is -0.497 e. The average molecular weight is 444 g/mol. The van der Waals surface area contributed by atoms with E-state index in [1.165, 1.54) is 0 Å². The molecule has 2 heterocycles. The molecule has 2 aromatic carbocycles. The molecule has 33 heavy (non-hydrogen) atoms. The fraction of sp³-hybridized carbons (Fsp3) is 0.296. The zero-order chi connectivity index (χ0) is 23.2. The predicted octanol–water partition coefficient (Wildman–Crippen LogP) is 3.60. The Morgan fingerprint density at radius 3 is 2.52 bits per heavy atom. The number of hydrogen-bond donors (Lipinski definition) is 0. The molecule has 6 nitrogen and oxygen atoms in total. The van der Waals surface area contributed by atoms with Crippen LogP contribution in [-0.4, -0.2) is 59.4 Å². The van der Waals surface area contributed by atoms with Gasteiger partial charge in [-0.25, -0.2) is 0 Å². The van der Waals surface area contributed by atoms with E-state index in [9.17, 15) is 9.59 Å². The summed E-state index contributed by atoms with van der Waals surface area (Å²) in [5.41, 5.74) is 4.03. The van der Waals surface area contributed by atoms with Crippen molar-refractivity contribution in [2.45, 2.75) is 25.8 Å². The second-order valence-corrected chi connectivity index (χ2v) is 8.19. The number of piperazine rings is 1. The van der Waals surface area contributed by atoms with Crippen molar-refractivity contribution in [1.82, 2.24) is 14.8 Å². The van der Waals surface area contributed by atoms with Crippen LogP contribution in [0, 0.1) is 0 Å². The Balaban J connectivity index is 1.57. The predicted molar refractivity (Wildman–Crippen MR) is 128 cm³/mol. The molecule has 0 spiro atoms. The maximum Gasteiger partial charge on any atom is 0.245 e. The lowest BCUT2D eigenvalue weighted by atomic mass is 9.96. The number of nitrogens with zero attached hydrogens (tertiary/aromatic N) is 3. The lowest BCUT2D eigenvalue weighted by Gasteiger charge is -2.40. The Kier molecular flexibility index (Phi) is 7.03. The molecule has 0 saturated carbocycles. The van der Waals surface area contributed by atoms with Gasteiger partial charge in [-0.1, -0.05) is 42.5 Å². The second-order valence-electron chi connectivity index (χ2n) is 8.19. The maximum atomic E-state index is 13.3. The normalized spacial score (nSPS) is 16.1. The van der Waals surface area contributed by atoms with E-state index in [1.54, 1.807) is 24.4 Å². The van der Waals surface area contributed by atoms with Crippen molar-refractivity contribution >= 4 is 11.8 Å². The van der Waals surface area contributed by atoms with Gasteiger partial charge in [-0.15, -0.1) is 0 Å². The van der Waals surface area contributed by atoms with Crippen LogP contribution in [0.5, 0.6) is 5.75 Å². The summed E-state index contributed by atoms with van der Waals surface area (Å²) in [6.07, 6.45) is 4.12. The van der Waals surface area contributed by atoms with Crippen LogP contribution in [0.15, 0.2) is 73.1 Å². The molecule has 1 aliphatic rings. The summed E-state index contributed by atoms with van der Waals surface area (Å²) in [6.45, 7) is 3.73. The van der Waals surface area contributed by atoms with Gasteiger partial charge in [0, 0.05) is 38.4 Å². The van der Waals surface area contributed by atoms with Crippen molar-refractivity contribution in [1.29, 1.82) is 0 Å². The van der Waals surface area contributed by atoms with Gasteiger partial charge in [0.1, 0.15) is 11.8 Å². The number of amides is 2. The average Bonchev–Trinajstić information content (AvgIpc) is 2.86. The third-order valence-corrected chi connectivity index (χ3v) is 6.14. The van der Waals surface area contributed by atoms with E-state index < -0.39 is 6.04 Å². The number of likely N-dealkylation sites (N-methyl/N-ethyl adjacent to an activating group) is 1. The Morgan fingerprint density at radius 1 is 1.03 bits per heavy atom. The molecule has 1 aliphatic heterocycles. The maximum absolute atomic E-state index is 13.3. The highest BCUT2D eigenvalue weighted by Gasteiger charge is 2.36. The summed E-state index contributed by atoms with van der Waals surface area (Å²) >= 11 is 0. The van der Waals surface area contributed by atoms with Crippen LogP contribution in [0.3, 0.4) is 0 Å². The van der Waals surface area contributed by atoms with Crippen LogP contribution in [0.1, 0.15) is 18.1 Å². The fourth-order valence-electron chi connectivity index (χ4n) is 4.31. The molecular formula is C27H29N3O3. The second kappa shape index (κ2) is 10.3.